The van der Waals surface area contributed by atoms with E-state index in [1.165, 1.54) is 54.6 Å². The van der Waals surface area contributed by atoms with Crippen molar-refractivity contribution in [3.8, 4) is 11.5 Å². The lowest BCUT2D eigenvalue weighted by molar-refractivity contribution is -0.193. The molecular weight excluding hydrogens is 1500 g/mol. The van der Waals surface area contributed by atoms with Gasteiger partial charge in [-0.2, -0.15) is 26.3 Å². The highest BCUT2D eigenvalue weighted by Crippen LogP contribution is 2.38. The van der Waals surface area contributed by atoms with Crippen molar-refractivity contribution in [3.63, 3.8) is 0 Å². The van der Waals surface area contributed by atoms with E-state index < -0.39 is 167 Å². The number of nitrogens with two attached hydrogens (primary N) is 2. The molecule has 0 aromatic heterocycles. The predicted molar refractivity (Wildman–Crippen MR) is 379 cm³/mol. The molecule has 0 saturated carbocycles. The van der Waals surface area contributed by atoms with Crippen LogP contribution in [0.25, 0.3) is 10.8 Å². The third-order valence-corrected chi connectivity index (χ3v) is 19.3. The molecule has 0 bridgehead atoms. The third kappa shape index (κ3) is 26.0. The van der Waals surface area contributed by atoms with Crippen molar-refractivity contribution in [3.05, 3.63) is 178 Å². The van der Waals surface area contributed by atoms with Gasteiger partial charge in [0.25, 0.3) is 23.6 Å². The molecule has 10 amide bonds. The Hall–Kier alpha value is -11.3. The number of nitrogens with one attached hydrogen (secondary N) is 9. The van der Waals surface area contributed by atoms with Gasteiger partial charge in [0.05, 0.1) is 39.9 Å². The van der Waals surface area contributed by atoms with Crippen LogP contribution < -0.4 is 63.8 Å². The van der Waals surface area contributed by atoms with Crippen molar-refractivity contribution in [1.29, 1.82) is 0 Å². The summed E-state index contributed by atoms with van der Waals surface area (Å²) in [6.07, 6.45) is -10.6. The van der Waals surface area contributed by atoms with E-state index in [1.807, 2.05) is 11.0 Å². The molecule has 0 saturated heterocycles. The molecule has 2 aliphatic heterocycles. The molecule has 6 aromatic carbocycles. The lowest BCUT2D eigenvalue weighted by Crippen LogP contribution is -2.59. The van der Waals surface area contributed by atoms with Crippen molar-refractivity contribution >= 4 is 121 Å². The maximum absolute atomic E-state index is 14.8. The van der Waals surface area contributed by atoms with Crippen LogP contribution >= 0.6 is 23.5 Å². The molecule has 17 N–H and O–H groups in total. The van der Waals surface area contributed by atoms with Crippen molar-refractivity contribution in [2.45, 2.75) is 79.2 Å². The molecule has 0 fully saturated rings. The van der Waals surface area contributed by atoms with E-state index in [9.17, 15) is 92.9 Å². The predicted octanol–water partition coefficient (Wildman–Crippen LogP) is 0.867. The van der Waals surface area contributed by atoms with Gasteiger partial charge in [0.15, 0.2) is 0 Å². The topological polar surface area (TPSA) is 487 Å². The second-order valence-electron chi connectivity index (χ2n) is 23.7. The highest BCUT2D eigenvalue weighted by Gasteiger charge is 2.42. The molecule has 8 rings (SSSR count). The fourth-order valence-corrected chi connectivity index (χ4v) is 13.6. The molecule has 108 heavy (non-hydrogen) atoms. The van der Waals surface area contributed by atoms with Crippen LogP contribution in [0.15, 0.2) is 160 Å². The van der Waals surface area contributed by atoms with Gasteiger partial charge in [0, 0.05) is 68.0 Å². The summed E-state index contributed by atoms with van der Waals surface area (Å²) in [5, 5.41) is 50.1. The summed E-state index contributed by atoms with van der Waals surface area (Å²) in [6, 6.07) is 29.6. The summed E-state index contributed by atoms with van der Waals surface area (Å²) in [6.45, 7) is -2.74. The first-order chi connectivity index (χ1) is 50.8. The number of hydrogen-bond acceptors (Lipinski definition) is 21. The number of thioether (sulfide) groups is 2. The Morgan fingerprint density at radius 3 is 1.31 bits per heavy atom. The number of halogens is 6. The Kier molecular flexibility index (Phi) is 31.2. The number of benzene rings is 6. The molecule has 0 radical (unpaired) electrons. The first-order valence-corrected chi connectivity index (χ1v) is 35.4. The largest absolute Gasteiger partial charge is 0.508 e. The van der Waals surface area contributed by atoms with E-state index in [-0.39, 0.29) is 51.9 Å². The van der Waals surface area contributed by atoms with Crippen molar-refractivity contribution in [1.82, 2.24) is 52.4 Å². The summed E-state index contributed by atoms with van der Waals surface area (Å²) in [4.78, 5) is 162. The number of rotatable bonds is 18. The molecule has 0 aliphatic carbocycles. The summed E-state index contributed by atoms with van der Waals surface area (Å²) < 4.78 is 94.1. The minimum atomic E-state index is -5.08. The molecule has 31 nitrogen and oxygen atoms in total. The molecule has 6 aromatic rings. The highest BCUT2D eigenvalue weighted by atomic mass is 32.2. The maximum atomic E-state index is 14.8. The number of fused-ring (bicyclic) bond motifs is 1. The number of aliphatic carboxylic acids is 2. The number of phenols is 2. The van der Waals surface area contributed by atoms with Gasteiger partial charge < -0.3 is 68.7 Å². The van der Waals surface area contributed by atoms with E-state index in [0.29, 0.717) is 56.6 Å². The third-order valence-electron chi connectivity index (χ3n) is 15.4. The molecule has 0 unspecified atom stereocenters. The summed E-state index contributed by atoms with van der Waals surface area (Å²) >= 11 is 1.20. The number of nitrogens with zero attached hydrogens (tertiary/aromatic N) is 2. The number of phenolic OH excluding ortho intramolecular Hbond substituents is 2. The number of amides is 10. The summed E-state index contributed by atoms with van der Waals surface area (Å²) in [7, 11) is -0.742. The molecule has 0 spiro atoms. The smallest absolute Gasteiger partial charge is 0.490 e. The second kappa shape index (κ2) is 39.3. The Balaban J connectivity index is 0.00000118. The lowest BCUT2D eigenvalue weighted by atomic mass is 10.0. The number of aromatic hydroxyl groups is 2. The number of carbonyl (C=O) groups excluding carboxylic acids is 10. The zero-order valence-electron chi connectivity index (χ0n) is 56.9. The lowest BCUT2D eigenvalue weighted by Gasteiger charge is -2.23. The normalized spacial score (nSPS) is 18.0. The average Bonchev–Trinajstić information content (AvgIpc) is 1.41. The van der Waals surface area contributed by atoms with Crippen LogP contribution in [0, 0.1) is 0 Å². The van der Waals surface area contributed by atoms with E-state index in [4.69, 9.17) is 31.3 Å². The Morgan fingerprint density at radius 2 is 0.926 bits per heavy atom. The van der Waals surface area contributed by atoms with Gasteiger partial charge in [-0.15, -0.1) is 23.5 Å². The highest BCUT2D eigenvalue weighted by molar-refractivity contribution is 8.08. The van der Waals surface area contributed by atoms with Gasteiger partial charge in [-0.1, -0.05) is 109 Å². The molecular formula is C68H73F6N13O18S3. The van der Waals surface area contributed by atoms with Gasteiger partial charge >= 0.3 is 24.3 Å². The minimum Gasteiger partial charge on any atom is -0.508 e. The first-order valence-electron chi connectivity index (χ1n) is 32.0. The number of carboxylic acid groups (broad SMARTS) is 2. The number of hydrogen-bond donors (Lipinski definition) is 15. The van der Waals surface area contributed by atoms with Crippen LogP contribution in [0.3, 0.4) is 0 Å². The van der Waals surface area contributed by atoms with Crippen molar-refractivity contribution < 1.29 is 113 Å². The van der Waals surface area contributed by atoms with Gasteiger partial charge in [-0.3, -0.25) is 63.7 Å². The first kappa shape index (κ1) is 85.6. The molecule has 6 atom stereocenters. The van der Waals surface area contributed by atoms with Crippen LogP contribution in [0.4, 0.5) is 32.0 Å². The van der Waals surface area contributed by atoms with Crippen LogP contribution in [-0.2, 0) is 93.2 Å². The number of hydrazine groups is 1. The van der Waals surface area contributed by atoms with E-state index in [1.54, 1.807) is 99.0 Å². The molecule has 2 aliphatic rings. The Labute approximate surface area is 619 Å². The number of carboxylic acids is 2. The van der Waals surface area contributed by atoms with Crippen LogP contribution in [0.2, 0.25) is 0 Å². The number of alkyl halides is 6. The SMILES string of the molecule is CN(C)c1cccc2c(S(=O)(=O)NCCN3C(=O)C4=C(SC[C@@H](NC(=O)[C@@H](N)Cc5ccc(O)cc5)C(=O)NCC(=O)N[C@@H](Cc5ccccc5)C(=O)NNC(=O)[C@H](Cc5ccccc5)NC(=O)CNC(=O)[C@H](NC(=O)[C@@H](N)Cc5ccc(O)cc5)CS4)C3=O)cccc12.O=C(O)C(F)(F)F.O=C(O)C(F)(F)F. The van der Waals surface area contributed by atoms with E-state index in [2.05, 4.69) is 47.5 Å². The molecule has 578 valence electrons. The average molecular weight is 1570 g/mol. The Bertz CT molecular complexity index is 4200. The Morgan fingerprint density at radius 1 is 0.546 bits per heavy atom. The van der Waals surface area contributed by atoms with Crippen LogP contribution in [-0.4, -0.2) is 205 Å². The second-order valence-corrected chi connectivity index (χ2v) is 27.5. The van der Waals surface area contributed by atoms with Crippen LogP contribution in [0.5, 0.6) is 11.5 Å². The molecule has 40 heteroatoms. The summed E-state index contributed by atoms with van der Waals surface area (Å²) in [5.74, 6) is -16.3. The maximum Gasteiger partial charge on any atom is 0.490 e. The zero-order valence-corrected chi connectivity index (χ0v) is 59.4. The standard InChI is InChI=1S/C64H71N13O14S3.2C2HF3O2/c1-76(2)51-17-9-16-44-43(51)15-10-18-52(44)94(90,91)69-27-28-77-63(88)55-56(64(77)89)93-36-50(73-58(83)46(66)30-40-21-25-42(79)26-22-40)60(85)68-34-54(81)71-48(32-38-13-7-4-8-14-38)62(87)75-74-61(86)47(31-37-11-5-3-6-12-37)70-53(80)33-67-59(84)49(35-92-55)72-57(82)45(65)29-39-19-23-41(78)24-20-39;2*3-2(4,5)1(6)7/h3-26,45-50,69,78-79H,27-36,65-66H2,1-2H3,(H,67,84)(H,68,85)(H,70,80)(H,71,81)(H,72,82)(H,73,83)(H,74,86)(H,75,87);2*(H,6,7)/t45-,46-,47-,48-,49+,50+;;/m0../s1. The number of imide groups is 1. The van der Waals surface area contributed by atoms with Gasteiger partial charge in [-0.05, 0) is 71.5 Å². The minimum absolute atomic E-state index is 0.0545. The van der Waals surface area contributed by atoms with E-state index >= 15 is 0 Å². The molecule has 2 heterocycles. The number of anilines is 1. The van der Waals surface area contributed by atoms with Crippen LogP contribution in [0.1, 0.15) is 22.3 Å². The fraction of sp³-hybridized carbons (Fsp3) is 0.294. The van der Waals surface area contributed by atoms with Crippen molar-refractivity contribution in [2.24, 2.45) is 11.5 Å². The van der Waals surface area contributed by atoms with Gasteiger partial charge in [0.2, 0.25) is 45.5 Å². The summed E-state index contributed by atoms with van der Waals surface area (Å²) in [5.41, 5.74) is 20.3. The van der Waals surface area contributed by atoms with E-state index in [0.717, 1.165) is 10.6 Å². The quantitative estimate of drug-likeness (QED) is 0.0419. The zero-order chi connectivity index (χ0) is 79.8. The fourth-order valence-electron chi connectivity index (χ4n) is 9.95. The number of sulfonamides is 1. The van der Waals surface area contributed by atoms with Gasteiger partial charge in [-0.25, -0.2) is 22.7 Å². The van der Waals surface area contributed by atoms with Crippen molar-refractivity contribution in [2.75, 3.05) is 56.7 Å². The van der Waals surface area contributed by atoms with Gasteiger partial charge in [0.1, 0.15) is 35.7 Å². The number of carbonyl (C=O) groups is 12. The monoisotopic (exact) mass is 1570 g/mol.